The van der Waals surface area contributed by atoms with Crippen molar-refractivity contribution in [1.29, 1.82) is 0 Å². The van der Waals surface area contributed by atoms with Crippen LogP contribution in [0.3, 0.4) is 0 Å². The molecule has 4 nitrogen and oxygen atoms in total. The second-order valence-electron chi connectivity index (χ2n) is 5.52. The minimum Gasteiger partial charge on any atom is -0.497 e. The fourth-order valence-electron chi connectivity index (χ4n) is 2.28. The number of rotatable bonds is 4. The van der Waals surface area contributed by atoms with Crippen LogP contribution >= 0.6 is 23.4 Å². The zero-order valence-electron chi connectivity index (χ0n) is 14.3. The number of aliphatic imine (C=N–C) groups is 1. The van der Waals surface area contributed by atoms with E-state index in [2.05, 4.69) is 10.3 Å². The number of carbonyl (C=O) groups is 1. The Morgan fingerprint density at radius 1 is 1.19 bits per heavy atom. The van der Waals surface area contributed by atoms with Crippen molar-refractivity contribution in [3.63, 3.8) is 0 Å². The van der Waals surface area contributed by atoms with E-state index >= 15 is 0 Å². The van der Waals surface area contributed by atoms with Crippen LogP contribution in [0.5, 0.6) is 5.75 Å². The number of hydrogen-bond donors (Lipinski definition) is 1. The molecule has 0 bridgehead atoms. The number of methoxy groups -OCH3 is 1. The van der Waals surface area contributed by atoms with Gasteiger partial charge in [0.2, 0.25) is 0 Å². The smallest absolute Gasteiger partial charge is 0.264 e. The fourth-order valence-corrected chi connectivity index (χ4v) is 3.24. The molecule has 0 saturated carbocycles. The molecule has 0 radical (unpaired) electrons. The molecule has 26 heavy (non-hydrogen) atoms. The van der Waals surface area contributed by atoms with Gasteiger partial charge in [0.05, 0.1) is 17.7 Å². The summed E-state index contributed by atoms with van der Waals surface area (Å²) in [7, 11) is 1.63. The number of carbonyl (C=O) groups excluding carboxylic acids is 1. The summed E-state index contributed by atoms with van der Waals surface area (Å²) in [6, 6.07) is 13.2. The number of hydrogen-bond acceptors (Lipinski definition) is 4. The maximum Gasteiger partial charge on any atom is 0.264 e. The molecule has 3 rings (SSSR count). The molecule has 1 amide bonds. The molecule has 0 unspecified atom stereocenters. The van der Waals surface area contributed by atoms with Gasteiger partial charge in [0, 0.05) is 5.02 Å². The third kappa shape index (κ3) is 4.36. The highest BCUT2D eigenvalue weighted by atomic mass is 35.5. The maximum atomic E-state index is 12.1. The standard InChI is InChI=1S/C20H17ClN2O2S/c1-13-16(21)6-4-7-17(13)22-20-23-19(24)18(26-20)8-3-5-14-9-11-15(25-2)12-10-14/h3-12H,1-2H3,(H,22,23,24)/b5-3+,18-8+. The quantitative estimate of drug-likeness (QED) is 0.745. The summed E-state index contributed by atoms with van der Waals surface area (Å²) < 4.78 is 5.13. The van der Waals surface area contributed by atoms with Gasteiger partial charge in [0.15, 0.2) is 5.17 Å². The first-order valence-electron chi connectivity index (χ1n) is 7.92. The highest BCUT2D eigenvalue weighted by Crippen LogP contribution is 2.30. The Morgan fingerprint density at radius 2 is 1.96 bits per heavy atom. The van der Waals surface area contributed by atoms with E-state index < -0.39 is 0 Å². The predicted molar refractivity (Wildman–Crippen MR) is 109 cm³/mol. The monoisotopic (exact) mass is 384 g/mol. The van der Waals surface area contributed by atoms with E-state index in [9.17, 15) is 4.79 Å². The van der Waals surface area contributed by atoms with E-state index in [0.717, 1.165) is 22.6 Å². The molecule has 1 aliphatic heterocycles. The van der Waals surface area contributed by atoms with E-state index in [1.165, 1.54) is 11.8 Å². The van der Waals surface area contributed by atoms with E-state index in [1.54, 1.807) is 13.2 Å². The number of allylic oxidation sites excluding steroid dienone is 2. The largest absolute Gasteiger partial charge is 0.497 e. The number of thioether (sulfide) groups is 1. The maximum absolute atomic E-state index is 12.1. The molecule has 1 aliphatic rings. The molecule has 0 atom stereocenters. The van der Waals surface area contributed by atoms with Crippen LogP contribution in [0.25, 0.3) is 6.08 Å². The SMILES string of the molecule is COc1ccc(/C=C/C=C2/SC(=Nc3cccc(Cl)c3C)NC2=O)cc1. The van der Waals surface area contributed by atoms with Crippen LogP contribution in [-0.2, 0) is 4.79 Å². The minimum absolute atomic E-state index is 0.159. The van der Waals surface area contributed by atoms with Gasteiger partial charge in [0.25, 0.3) is 5.91 Å². The van der Waals surface area contributed by atoms with Gasteiger partial charge in [-0.05, 0) is 60.2 Å². The fraction of sp³-hybridized carbons (Fsp3) is 0.100. The number of ether oxygens (including phenoxy) is 1. The van der Waals surface area contributed by atoms with Crippen molar-refractivity contribution in [3.05, 3.63) is 75.7 Å². The number of amidine groups is 1. The molecule has 2 aromatic rings. The van der Waals surface area contributed by atoms with Crippen LogP contribution in [0, 0.1) is 6.92 Å². The van der Waals surface area contributed by atoms with Gasteiger partial charge in [-0.1, -0.05) is 42.0 Å². The van der Waals surface area contributed by atoms with Crippen molar-refractivity contribution in [1.82, 2.24) is 5.32 Å². The van der Waals surface area contributed by atoms with Crippen LogP contribution in [0.15, 0.2) is 64.5 Å². The Kier molecular flexibility index (Phi) is 5.81. The number of nitrogens with zero attached hydrogens (tertiary/aromatic N) is 1. The summed E-state index contributed by atoms with van der Waals surface area (Å²) in [5.41, 5.74) is 2.65. The normalized spacial score (nSPS) is 17.3. The topological polar surface area (TPSA) is 50.7 Å². The lowest BCUT2D eigenvalue weighted by Gasteiger charge is -2.02. The summed E-state index contributed by atoms with van der Waals surface area (Å²) in [5, 5.41) is 3.97. The molecule has 1 fully saturated rings. The highest BCUT2D eigenvalue weighted by Gasteiger charge is 2.23. The zero-order valence-corrected chi connectivity index (χ0v) is 15.9. The number of halogens is 1. The molecule has 1 saturated heterocycles. The van der Waals surface area contributed by atoms with Gasteiger partial charge in [-0.3, -0.25) is 4.79 Å². The Morgan fingerprint density at radius 3 is 2.69 bits per heavy atom. The van der Waals surface area contributed by atoms with E-state index in [4.69, 9.17) is 16.3 Å². The lowest BCUT2D eigenvalue weighted by atomic mass is 10.2. The predicted octanol–water partition coefficient (Wildman–Crippen LogP) is 5.10. The van der Waals surface area contributed by atoms with Crippen molar-refractivity contribution in [2.45, 2.75) is 6.92 Å². The van der Waals surface area contributed by atoms with E-state index in [0.29, 0.717) is 15.1 Å². The van der Waals surface area contributed by atoms with Gasteiger partial charge >= 0.3 is 0 Å². The molecule has 0 aliphatic carbocycles. The van der Waals surface area contributed by atoms with Crippen LogP contribution in [0.2, 0.25) is 5.02 Å². The summed E-state index contributed by atoms with van der Waals surface area (Å²) in [6.07, 6.45) is 5.55. The van der Waals surface area contributed by atoms with Crippen molar-refractivity contribution in [2.24, 2.45) is 4.99 Å². The molecule has 1 heterocycles. The summed E-state index contributed by atoms with van der Waals surface area (Å²) >= 11 is 7.42. The van der Waals surface area contributed by atoms with Crippen molar-refractivity contribution < 1.29 is 9.53 Å². The van der Waals surface area contributed by atoms with Gasteiger partial charge in [-0.25, -0.2) is 4.99 Å². The first-order valence-corrected chi connectivity index (χ1v) is 9.11. The molecule has 0 spiro atoms. The van der Waals surface area contributed by atoms with Crippen LogP contribution < -0.4 is 10.1 Å². The van der Waals surface area contributed by atoms with Gasteiger partial charge in [-0.2, -0.15) is 0 Å². The number of nitrogens with one attached hydrogen (secondary N) is 1. The van der Waals surface area contributed by atoms with Crippen LogP contribution in [-0.4, -0.2) is 18.2 Å². The lowest BCUT2D eigenvalue weighted by molar-refractivity contribution is -0.115. The third-order valence-electron chi connectivity index (χ3n) is 3.76. The summed E-state index contributed by atoms with van der Waals surface area (Å²) in [4.78, 5) is 17.2. The van der Waals surface area contributed by atoms with Crippen LogP contribution in [0.4, 0.5) is 5.69 Å². The van der Waals surface area contributed by atoms with Gasteiger partial charge in [-0.15, -0.1) is 0 Å². The van der Waals surface area contributed by atoms with E-state index in [1.807, 2.05) is 61.5 Å². The van der Waals surface area contributed by atoms with E-state index in [-0.39, 0.29) is 5.91 Å². The molecular weight excluding hydrogens is 368 g/mol. The Balaban J connectivity index is 1.72. The van der Waals surface area contributed by atoms with Gasteiger partial charge in [0.1, 0.15) is 5.75 Å². The second-order valence-corrected chi connectivity index (χ2v) is 6.96. The van der Waals surface area contributed by atoms with Crippen molar-refractivity contribution in [3.8, 4) is 5.75 Å². The van der Waals surface area contributed by atoms with Crippen molar-refractivity contribution >= 4 is 46.2 Å². The van der Waals surface area contributed by atoms with Crippen molar-refractivity contribution in [2.75, 3.05) is 7.11 Å². The lowest BCUT2D eigenvalue weighted by Crippen LogP contribution is -2.19. The number of benzene rings is 2. The van der Waals surface area contributed by atoms with Gasteiger partial charge < -0.3 is 10.1 Å². The Labute approximate surface area is 161 Å². The third-order valence-corrected chi connectivity index (χ3v) is 5.10. The molecular formula is C20H17ClN2O2S. The molecule has 1 N–H and O–H groups in total. The molecule has 6 heteroatoms. The average Bonchev–Trinajstić information content (AvgIpc) is 2.99. The first kappa shape index (κ1) is 18.3. The Hall–Kier alpha value is -2.50. The highest BCUT2D eigenvalue weighted by molar-refractivity contribution is 8.18. The first-order chi connectivity index (χ1) is 12.6. The summed E-state index contributed by atoms with van der Waals surface area (Å²) in [6.45, 7) is 1.90. The second kappa shape index (κ2) is 8.25. The number of amides is 1. The molecule has 2 aromatic carbocycles. The summed E-state index contributed by atoms with van der Waals surface area (Å²) in [5.74, 6) is 0.649. The zero-order chi connectivity index (χ0) is 18.5. The Bertz CT molecular complexity index is 918. The van der Waals surface area contributed by atoms with Crippen LogP contribution in [0.1, 0.15) is 11.1 Å². The molecule has 0 aromatic heterocycles. The molecule has 132 valence electrons. The average molecular weight is 385 g/mol. The minimum atomic E-state index is -0.159.